The number of pyridine rings is 1. The largest absolute Gasteiger partial charge is 0.343 e. The predicted molar refractivity (Wildman–Crippen MR) is 85.6 cm³/mol. The summed E-state index contributed by atoms with van der Waals surface area (Å²) in [5.74, 6) is -0.408. The van der Waals surface area contributed by atoms with Crippen LogP contribution in [0.5, 0.6) is 0 Å². The third-order valence-corrected chi connectivity index (χ3v) is 4.52. The molecule has 0 aliphatic rings. The topological polar surface area (TPSA) is 47.8 Å². The lowest BCUT2D eigenvalue weighted by atomic mass is 10.1. The molecule has 0 aliphatic heterocycles. The van der Waals surface area contributed by atoms with Gasteiger partial charge in [-0.3, -0.25) is 4.79 Å². The van der Waals surface area contributed by atoms with Crippen molar-refractivity contribution in [3.05, 3.63) is 57.9 Å². The SMILES string of the molecule is Cn1c2ccc(F)cc2c(=O)c2ccc(-c3nncs3)cc21. The zero-order chi connectivity index (χ0) is 15.3. The lowest BCUT2D eigenvalue weighted by Gasteiger charge is -2.11. The van der Waals surface area contributed by atoms with Crippen molar-refractivity contribution >= 4 is 33.1 Å². The number of aryl methyl sites for hydroxylation is 1. The molecule has 4 nitrogen and oxygen atoms in total. The molecule has 0 saturated heterocycles. The predicted octanol–water partition coefficient (Wildman–Crippen LogP) is 3.35. The van der Waals surface area contributed by atoms with E-state index in [0.29, 0.717) is 16.3 Å². The molecule has 108 valence electrons. The number of hydrogen-bond acceptors (Lipinski definition) is 4. The normalized spacial score (nSPS) is 11.4. The highest BCUT2D eigenvalue weighted by atomic mass is 32.1. The Morgan fingerprint density at radius 3 is 2.73 bits per heavy atom. The van der Waals surface area contributed by atoms with E-state index in [1.165, 1.54) is 23.5 Å². The summed E-state index contributed by atoms with van der Waals surface area (Å²) in [7, 11) is 1.87. The molecule has 22 heavy (non-hydrogen) atoms. The second kappa shape index (κ2) is 4.71. The Hall–Kier alpha value is -2.60. The maximum Gasteiger partial charge on any atom is 0.197 e. The monoisotopic (exact) mass is 311 g/mol. The summed E-state index contributed by atoms with van der Waals surface area (Å²) in [4.78, 5) is 12.6. The van der Waals surface area contributed by atoms with Crippen LogP contribution in [0.3, 0.4) is 0 Å². The Morgan fingerprint density at radius 1 is 1.09 bits per heavy atom. The summed E-state index contributed by atoms with van der Waals surface area (Å²) in [6, 6.07) is 9.80. The van der Waals surface area contributed by atoms with Gasteiger partial charge in [-0.05, 0) is 30.3 Å². The van der Waals surface area contributed by atoms with E-state index in [2.05, 4.69) is 10.2 Å². The Labute approximate surface area is 128 Å². The molecular weight excluding hydrogens is 301 g/mol. The first-order valence-corrected chi connectivity index (χ1v) is 7.51. The van der Waals surface area contributed by atoms with Crippen molar-refractivity contribution in [1.82, 2.24) is 14.8 Å². The van der Waals surface area contributed by atoms with Crippen molar-refractivity contribution < 1.29 is 4.39 Å². The molecular formula is C16H10FN3OS. The molecule has 0 amide bonds. The standard InChI is InChI=1S/C16H10FN3OS/c1-20-13-5-3-10(17)7-12(13)15(21)11-4-2-9(6-14(11)20)16-19-18-8-22-16/h2-8H,1H3. The first kappa shape index (κ1) is 13.1. The van der Waals surface area contributed by atoms with Gasteiger partial charge < -0.3 is 4.57 Å². The number of rotatable bonds is 1. The van der Waals surface area contributed by atoms with E-state index in [1.807, 2.05) is 23.7 Å². The van der Waals surface area contributed by atoms with E-state index in [-0.39, 0.29) is 5.43 Å². The van der Waals surface area contributed by atoms with E-state index in [0.717, 1.165) is 16.1 Å². The van der Waals surface area contributed by atoms with E-state index in [4.69, 9.17) is 0 Å². The van der Waals surface area contributed by atoms with Gasteiger partial charge in [-0.1, -0.05) is 17.4 Å². The maximum atomic E-state index is 13.4. The molecule has 0 N–H and O–H groups in total. The van der Waals surface area contributed by atoms with Crippen LogP contribution in [0.15, 0.2) is 46.7 Å². The summed E-state index contributed by atoms with van der Waals surface area (Å²) >= 11 is 1.44. The number of aromatic nitrogens is 3. The highest BCUT2D eigenvalue weighted by Gasteiger charge is 2.11. The Balaban J connectivity index is 2.13. The molecule has 0 atom stereocenters. The zero-order valence-electron chi connectivity index (χ0n) is 11.6. The number of halogens is 1. The highest BCUT2D eigenvalue weighted by Crippen LogP contribution is 2.26. The summed E-state index contributed by atoms with van der Waals surface area (Å²) in [6.07, 6.45) is 0. The third-order valence-electron chi connectivity index (χ3n) is 3.78. The van der Waals surface area contributed by atoms with E-state index in [1.54, 1.807) is 17.6 Å². The Bertz CT molecular complexity index is 1070. The summed E-state index contributed by atoms with van der Waals surface area (Å²) in [5.41, 5.74) is 3.91. The molecule has 2 heterocycles. The first-order valence-electron chi connectivity index (χ1n) is 6.64. The molecule has 2 aromatic carbocycles. The second-order valence-corrected chi connectivity index (χ2v) is 5.86. The Kier molecular flexibility index (Phi) is 2.80. The number of fused-ring (bicyclic) bond motifs is 2. The van der Waals surface area contributed by atoms with Gasteiger partial charge in [0.1, 0.15) is 16.3 Å². The molecule has 0 aliphatic carbocycles. The van der Waals surface area contributed by atoms with Gasteiger partial charge >= 0.3 is 0 Å². The molecule has 0 fully saturated rings. The summed E-state index contributed by atoms with van der Waals surface area (Å²) in [5, 5.41) is 9.64. The molecule has 0 unspecified atom stereocenters. The average molecular weight is 311 g/mol. The lowest BCUT2D eigenvalue weighted by molar-refractivity contribution is 0.629. The van der Waals surface area contributed by atoms with Crippen LogP contribution in [-0.4, -0.2) is 14.8 Å². The quantitative estimate of drug-likeness (QED) is 0.507. The summed E-state index contributed by atoms with van der Waals surface area (Å²) in [6.45, 7) is 0. The van der Waals surface area contributed by atoms with Gasteiger partial charge in [0.2, 0.25) is 0 Å². The van der Waals surface area contributed by atoms with Gasteiger partial charge in [0.25, 0.3) is 0 Å². The van der Waals surface area contributed by atoms with Gasteiger partial charge in [-0.25, -0.2) is 4.39 Å². The molecule has 0 saturated carbocycles. The van der Waals surface area contributed by atoms with Crippen molar-refractivity contribution in [1.29, 1.82) is 0 Å². The molecule has 4 aromatic rings. The van der Waals surface area contributed by atoms with Gasteiger partial charge in [0, 0.05) is 23.4 Å². The van der Waals surface area contributed by atoms with Crippen LogP contribution in [0.1, 0.15) is 0 Å². The first-order chi connectivity index (χ1) is 10.6. The Morgan fingerprint density at radius 2 is 1.95 bits per heavy atom. The van der Waals surface area contributed by atoms with Gasteiger partial charge in [0.05, 0.1) is 11.0 Å². The number of hydrogen-bond donors (Lipinski definition) is 0. The van der Waals surface area contributed by atoms with Crippen molar-refractivity contribution in [3.63, 3.8) is 0 Å². The minimum atomic E-state index is -0.408. The van der Waals surface area contributed by atoms with Crippen molar-refractivity contribution in [2.45, 2.75) is 0 Å². The van der Waals surface area contributed by atoms with Crippen LogP contribution in [0.25, 0.3) is 32.4 Å². The number of benzene rings is 2. The van der Waals surface area contributed by atoms with Crippen molar-refractivity contribution in [3.8, 4) is 10.6 Å². The fourth-order valence-electron chi connectivity index (χ4n) is 2.69. The molecule has 4 rings (SSSR count). The van der Waals surface area contributed by atoms with Gasteiger partial charge in [-0.15, -0.1) is 10.2 Å². The lowest BCUT2D eigenvalue weighted by Crippen LogP contribution is -2.09. The van der Waals surface area contributed by atoms with Gasteiger partial charge in [0.15, 0.2) is 5.43 Å². The van der Waals surface area contributed by atoms with E-state index < -0.39 is 5.82 Å². The van der Waals surface area contributed by atoms with Crippen LogP contribution in [0, 0.1) is 5.82 Å². The van der Waals surface area contributed by atoms with Crippen LogP contribution in [-0.2, 0) is 7.05 Å². The van der Waals surface area contributed by atoms with Gasteiger partial charge in [-0.2, -0.15) is 0 Å². The molecule has 0 bridgehead atoms. The molecule has 6 heteroatoms. The minimum Gasteiger partial charge on any atom is -0.343 e. The molecule has 0 radical (unpaired) electrons. The van der Waals surface area contributed by atoms with Crippen LogP contribution < -0.4 is 5.43 Å². The van der Waals surface area contributed by atoms with E-state index >= 15 is 0 Å². The third kappa shape index (κ3) is 1.84. The minimum absolute atomic E-state index is 0.161. The fourth-order valence-corrected chi connectivity index (χ4v) is 3.24. The molecule has 0 spiro atoms. The fraction of sp³-hybridized carbons (Fsp3) is 0.0625. The highest BCUT2D eigenvalue weighted by molar-refractivity contribution is 7.12. The average Bonchev–Trinajstić information content (AvgIpc) is 3.06. The van der Waals surface area contributed by atoms with Crippen LogP contribution in [0.4, 0.5) is 4.39 Å². The van der Waals surface area contributed by atoms with Crippen molar-refractivity contribution in [2.24, 2.45) is 7.05 Å². The zero-order valence-corrected chi connectivity index (χ0v) is 12.4. The number of nitrogens with zero attached hydrogens (tertiary/aromatic N) is 3. The van der Waals surface area contributed by atoms with Crippen molar-refractivity contribution in [2.75, 3.05) is 0 Å². The van der Waals surface area contributed by atoms with Crippen LogP contribution in [0.2, 0.25) is 0 Å². The summed E-state index contributed by atoms with van der Waals surface area (Å²) < 4.78 is 15.3. The smallest absolute Gasteiger partial charge is 0.197 e. The maximum absolute atomic E-state index is 13.4. The molecule has 2 aromatic heterocycles. The van der Waals surface area contributed by atoms with Crippen LogP contribution >= 0.6 is 11.3 Å². The second-order valence-electron chi connectivity index (χ2n) is 5.03. The van der Waals surface area contributed by atoms with E-state index in [9.17, 15) is 9.18 Å².